The Morgan fingerprint density at radius 3 is 2.81 bits per heavy atom. The molecule has 178 valence electrons. The molecule has 3 heterocycles. The van der Waals surface area contributed by atoms with Crippen LogP contribution in [-0.2, 0) is 4.79 Å². The Bertz CT molecular complexity index is 1710. The van der Waals surface area contributed by atoms with E-state index in [0.717, 1.165) is 33.4 Å². The molecule has 1 aliphatic rings. The third-order valence-corrected chi connectivity index (χ3v) is 6.71. The number of H-pyrrole nitrogens is 1. The zero-order valence-corrected chi connectivity index (χ0v) is 20.0. The molecule has 6 rings (SSSR count). The van der Waals surface area contributed by atoms with Crippen molar-refractivity contribution in [3.05, 3.63) is 94.0 Å². The van der Waals surface area contributed by atoms with Crippen molar-refractivity contribution in [1.29, 1.82) is 0 Å². The number of nitrogens with zero attached hydrogens (tertiary/aromatic N) is 3. The summed E-state index contributed by atoms with van der Waals surface area (Å²) in [6.45, 7) is 2.01. The zero-order valence-electron chi connectivity index (χ0n) is 19.2. The fourth-order valence-electron chi connectivity index (χ4n) is 4.14. The van der Waals surface area contributed by atoms with Crippen LogP contribution in [0.25, 0.3) is 22.2 Å². The largest absolute Gasteiger partial charge is 0.482 e. The number of fused-ring (bicyclic) bond motifs is 2. The van der Waals surface area contributed by atoms with Crippen LogP contribution < -0.4 is 14.9 Å². The second-order valence-electron chi connectivity index (χ2n) is 8.31. The highest BCUT2D eigenvalue weighted by Crippen LogP contribution is 2.33. The Morgan fingerprint density at radius 2 is 1.94 bits per heavy atom. The van der Waals surface area contributed by atoms with Crippen LogP contribution in [-0.4, -0.2) is 28.4 Å². The van der Waals surface area contributed by atoms with E-state index in [1.807, 2.05) is 54.9 Å². The fourth-order valence-corrected chi connectivity index (χ4v) is 4.99. The molecular weight excluding hydrogens is 477 g/mol. The third kappa shape index (κ3) is 4.09. The highest BCUT2D eigenvalue weighted by Gasteiger charge is 2.18. The monoisotopic (exact) mass is 497 g/mol. The highest BCUT2D eigenvalue weighted by molar-refractivity contribution is 7.07. The van der Waals surface area contributed by atoms with Crippen molar-refractivity contribution in [2.45, 2.75) is 6.92 Å². The number of aryl methyl sites for hydroxylation is 1. The van der Waals surface area contributed by atoms with E-state index in [4.69, 9.17) is 14.8 Å². The Morgan fingerprint density at radius 1 is 1.11 bits per heavy atom. The molecule has 0 aliphatic carbocycles. The van der Waals surface area contributed by atoms with Gasteiger partial charge in [0.15, 0.2) is 6.61 Å². The predicted molar refractivity (Wildman–Crippen MR) is 140 cm³/mol. The molecule has 0 spiro atoms. The standard InChI is InChI=1S/C27H20FN5O2S/c1-16-21(20-4-2-3-5-22(20)30-16)13-29-33-24(15-36-27(33)31-19-9-7-18(28)8-10-19)17-6-11-25-23(12-17)32-26(34)14-35-25/h2-13,15,30H,14H2,1H3,(H,32,34). The van der Waals surface area contributed by atoms with Gasteiger partial charge in [0.25, 0.3) is 5.91 Å². The normalized spacial score (nSPS) is 13.7. The number of anilines is 1. The van der Waals surface area contributed by atoms with E-state index < -0.39 is 0 Å². The van der Waals surface area contributed by atoms with Crippen LogP contribution in [0.15, 0.2) is 82.2 Å². The van der Waals surface area contributed by atoms with Gasteiger partial charge in [-0.3, -0.25) is 4.79 Å². The second kappa shape index (κ2) is 8.94. The van der Waals surface area contributed by atoms with Crippen LogP contribution in [0.5, 0.6) is 5.75 Å². The molecule has 9 heteroatoms. The lowest BCUT2D eigenvalue weighted by Gasteiger charge is -2.18. The second-order valence-corrected chi connectivity index (χ2v) is 9.14. The van der Waals surface area contributed by atoms with Crippen molar-refractivity contribution in [3.8, 4) is 17.0 Å². The molecule has 7 nitrogen and oxygen atoms in total. The van der Waals surface area contributed by atoms with Crippen LogP contribution >= 0.6 is 11.3 Å². The molecule has 1 amide bonds. The summed E-state index contributed by atoms with van der Waals surface area (Å²) in [6.07, 6.45) is 1.82. The molecule has 0 radical (unpaired) electrons. The van der Waals surface area contributed by atoms with Gasteiger partial charge in [0.2, 0.25) is 4.80 Å². The smallest absolute Gasteiger partial charge is 0.262 e. The molecular formula is C27H20FN5O2S. The molecule has 0 saturated carbocycles. The van der Waals surface area contributed by atoms with Crippen LogP contribution in [0.3, 0.4) is 0 Å². The highest BCUT2D eigenvalue weighted by atomic mass is 32.1. The summed E-state index contributed by atoms with van der Waals surface area (Å²) in [5, 5.41) is 10.7. The van der Waals surface area contributed by atoms with E-state index >= 15 is 0 Å². The Hall–Kier alpha value is -4.50. The number of aromatic amines is 1. The van der Waals surface area contributed by atoms with Gasteiger partial charge in [-0.25, -0.2) is 14.1 Å². The summed E-state index contributed by atoms with van der Waals surface area (Å²) >= 11 is 1.42. The molecule has 5 aromatic rings. The first kappa shape index (κ1) is 22.0. The summed E-state index contributed by atoms with van der Waals surface area (Å²) < 4.78 is 20.7. The number of hydrogen-bond donors (Lipinski definition) is 2. The number of hydrogen-bond acceptors (Lipinski definition) is 5. The maximum atomic E-state index is 13.4. The number of carbonyl (C=O) groups is 1. The topological polar surface area (TPSA) is 83.8 Å². The minimum absolute atomic E-state index is 0.000237. The first-order valence-electron chi connectivity index (χ1n) is 11.2. The van der Waals surface area contributed by atoms with Gasteiger partial charge in [0.1, 0.15) is 11.6 Å². The maximum Gasteiger partial charge on any atom is 0.262 e. The quantitative estimate of drug-likeness (QED) is 0.317. The van der Waals surface area contributed by atoms with E-state index in [2.05, 4.69) is 16.4 Å². The maximum absolute atomic E-state index is 13.4. The average Bonchev–Trinajstić information content (AvgIpc) is 3.43. The molecule has 36 heavy (non-hydrogen) atoms. The van der Waals surface area contributed by atoms with Gasteiger partial charge >= 0.3 is 0 Å². The number of carbonyl (C=O) groups excluding carboxylic acids is 1. The van der Waals surface area contributed by atoms with Crippen molar-refractivity contribution in [3.63, 3.8) is 0 Å². The molecule has 3 aromatic carbocycles. The van der Waals surface area contributed by atoms with Crippen molar-refractivity contribution >= 4 is 45.7 Å². The van der Waals surface area contributed by atoms with E-state index in [1.165, 1.54) is 23.5 Å². The van der Waals surface area contributed by atoms with Gasteiger partial charge in [-0.2, -0.15) is 5.10 Å². The minimum Gasteiger partial charge on any atom is -0.482 e. The molecule has 0 bridgehead atoms. The number of benzene rings is 3. The summed E-state index contributed by atoms with van der Waals surface area (Å²) in [4.78, 5) is 20.6. The van der Waals surface area contributed by atoms with E-state index in [-0.39, 0.29) is 18.3 Å². The van der Waals surface area contributed by atoms with Crippen LogP contribution in [0, 0.1) is 12.7 Å². The van der Waals surface area contributed by atoms with E-state index in [0.29, 0.717) is 21.9 Å². The van der Waals surface area contributed by atoms with Crippen LogP contribution in [0.4, 0.5) is 15.8 Å². The molecule has 2 N–H and O–H groups in total. The summed E-state index contributed by atoms with van der Waals surface area (Å²) in [6, 6.07) is 19.7. The number of ether oxygens (including phenoxy) is 1. The summed E-state index contributed by atoms with van der Waals surface area (Å²) in [7, 11) is 0. The molecule has 1 aliphatic heterocycles. The van der Waals surface area contributed by atoms with Crippen LogP contribution in [0.2, 0.25) is 0 Å². The number of amides is 1. The van der Waals surface area contributed by atoms with Gasteiger partial charge in [0.05, 0.1) is 23.3 Å². The number of halogens is 1. The van der Waals surface area contributed by atoms with Crippen molar-refractivity contribution in [2.75, 3.05) is 11.9 Å². The van der Waals surface area contributed by atoms with E-state index in [1.54, 1.807) is 16.8 Å². The van der Waals surface area contributed by atoms with E-state index in [9.17, 15) is 9.18 Å². The Kier molecular flexibility index (Phi) is 5.46. The van der Waals surface area contributed by atoms with Crippen LogP contribution in [0.1, 0.15) is 11.3 Å². The minimum atomic E-state index is -0.320. The Balaban J connectivity index is 1.50. The van der Waals surface area contributed by atoms with Gasteiger partial charge in [-0.15, -0.1) is 11.3 Å². The average molecular weight is 498 g/mol. The number of nitrogens with one attached hydrogen (secondary N) is 2. The van der Waals surface area contributed by atoms with Gasteiger partial charge in [-0.05, 0) is 55.5 Å². The molecule has 0 saturated heterocycles. The predicted octanol–water partition coefficient (Wildman–Crippen LogP) is 5.59. The summed E-state index contributed by atoms with van der Waals surface area (Å²) in [5.41, 5.74) is 5.87. The molecule has 0 unspecified atom stereocenters. The van der Waals surface area contributed by atoms with Gasteiger partial charge in [0, 0.05) is 33.1 Å². The number of para-hydroxylation sites is 1. The lowest BCUT2D eigenvalue weighted by molar-refractivity contribution is -0.118. The molecule has 0 atom stereocenters. The lowest BCUT2D eigenvalue weighted by Crippen LogP contribution is -2.25. The SMILES string of the molecule is Cc1[nH]c2ccccc2c1C=Nn1c(-c2ccc3c(c2)NC(=O)CO3)csc1=Nc1ccc(F)cc1. The fraction of sp³-hybridized carbons (Fsp3) is 0.0741. The first-order valence-corrected chi connectivity index (χ1v) is 12.1. The first-order chi connectivity index (χ1) is 17.5. The zero-order chi connectivity index (χ0) is 24.6. The number of thiazole rings is 1. The van der Waals surface area contributed by atoms with Gasteiger partial charge in [-0.1, -0.05) is 18.2 Å². The summed E-state index contributed by atoms with van der Waals surface area (Å²) in [5.74, 6) is 0.104. The van der Waals surface area contributed by atoms with Gasteiger partial charge < -0.3 is 15.0 Å². The number of aromatic nitrogens is 2. The lowest BCUT2D eigenvalue weighted by atomic mass is 10.1. The van der Waals surface area contributed by atoms with Crippen molar-refractivity contribution in [2.24, 2.45) is 10.1 Å². The number of rotatable bonds is 4. The molecule has 0 fully saturated rings. The molecule has 2 aromatic heterocycles. The van der Waals surface area contributed by atoms with Crippen molar-refractivity contribution < 1.29 is 13.9 Å². The Labute approximate surface area is 209 Å². The third-order valence-electron chi connectivity index (χ3n) is 5.89. The van der Waals surface area contributed by atoms with Crippen molar-refractivity contribution in [1.82, 2.24) is 9.66 Å².